The molecule has 1 saturated heterocycles. The van der Waals surface area contributed by atoms with Crippen molar-refractivity contribution < 1.29 is 24.9 Å². The van der Waals surface area contributed by atoms with Crippen molar-refractivity contribution in [3.8, 4) is 0 Å². The summed E-state index contributed by atoms with van der Waals surface area (Å²) in [6.07, 6.45) is -4.18. The van der Waals surface area contributed by atoms with E-state index in [2.05, 4.69) is 5.48 Å². The number of nitrogens with one attached hydrogen (secondary N) is 1. The van der Waals surface area contributed by atoms with Crippen molar-refractivity contribution in [3.63, 3.8) is 0 Å². The maximum Gasteiger partial charge on any atom is 0.212 e. The molecule has 1 aromatic carbocycles. The molecule has 1 heterocycles. The minimum absolute atomic E-state index is 0.372. The number of hydrogen-bond acceptors (Lipinski definition) is 6. The Balaban J connectivity index is 1.88. The summed E-state index contributed by atoms with van der Waals surface area (Å²) in [5.74, 6) is 0. The van der Waals surface area contributed by atoms with Crippen molar-refractivity contribution in [3.05, 3.63) is 30.3 Å². The number of rotatable bonds is 4. The lowest BCUT2D eigenvalue weighted by Crippen LogP contribution is -2.35. The van der Waals surface area contributed by atoms with E-state index in [0.717, 1.165) is 0 Å². The van der Waals surface area contributed by atoms with Crippen LogP contribution in [0.5, 0.6) is 0 Å². The molecule has 94 valence electrons. The molecule has 0 spiro atoms. The lowest BCUT2D eigenvalue weighted by Gasteiger charge is -2.15. The second kappa shape index (κ2) is 5.44. The highest BCUT2D eigenvalue weighted by Crippen LogP contribution is 2.22. The van der Waals surface area contributed by atoms with Gasteiger partial charge in [0.2, 0.25) is 6.29 Å². The minimum Gasteiger partial charge on any atom is -0.394 e. The maximum absolute atomic E-state index is 9.59. The summed E-state index contributed by atoms with van der Waals surface area (Å²) in [7, 11) is 0. The van der Waals surface area contributed by atoms with Gasteiger partial charge in [-0.25, -0.2) is 4.84 Å². The largest absolute Gasteiger partial charge is 0.394 e. The van der Waals surface area contributed by atoms with Crippen molar-refractivity contribution in [2.75, 3.05) is 12.1 Å². The van der Waals surface area contributed by atoms with E-state index in [4.69, 9.17) is 14.7 Å². The number of anilines is 1. The monoisotopic (exact) mass is 241 g/mol. The Morgan fingerprint density at radius 3 is 2.47 bits per heavy atom. The van der Waals surface area contributed by atoms with Gasteiger partial charge in [0.25, 0.3) is 0 Å². The maximum atomic E-state index is 9.59. The molecule has 6 heteroatoms. The van der Waals surface area contributed by atoms with Gasteiger partial charge in [0.05, 0.1) is 12.3 Å². The fraction of sp³-hybridized carbons (Fsp3) is 0.455. The summed E-state index contributed by atoms with van der Waals surface area (Å²) in [6, 6.07) is 9.06. The summed E-state index contributed by atoms with van der Waals surface area (Å²) in [4.78, 5) is 5.11. The molecule has 4 N–H and O–H groups in total. The Morgan fingerprint density at radius 1 is 1.18 bits per heavy atom. The lowest BCUT2D eigenvalue weighted by atomic mass is 10.1. The molecular formula is C11H15NO5. The van der Waals surface area contributed by atoms with Crippen LogP contribution in [0.2, 0.25) is 0 Å². The highest BCUT2D eigenvalue weighted by atomic mass is 16.8. The van der Waals surface area contributed by atoms with E-state index in [1.165, 1.54) is 0 Å². The van der Waals surface area contributed by atoms with Crippen LogP contribution in [0.4, 0.5) is 5.69 Å². The van der Waals surface area contributed by atoms with Gasteiger partial charge >= 0.3 is 0 Å². The van der Waals surface area contributed by atoms with Gasteiger partial charge in [-0.1, -0.05) is 18.2 Å². The van der Waals surface area contributed by atoms with Gasteiger partial charge in [0.1, 0.15) is 18.3 Å². The summed E-state index contributed by atoms with van der Waals surface area (Å²) < 4.78 is 5.12. The van der Waals surface area contributed by atoms with Crippen LogP contribution in [-0.2, 0) is 9.57 Å². The van der Waals surface area contributed by atoms with Crippen LogP contribution < -0.4 is 5.48 Å². The first kappa shape index (κ1) is 12.3. The molecule has 6 nitrogen and oxygen atoms in total. The van der Waals surface area contributed by atoms with E-state index in [9.17, 15) is 10.2 Å². The molecule has 0 radical (unpaired) electrons. The number of ether oxygens (including phenoxy) is 1. The summed E-state index contributed by atoms with van der Waals surface area (Å²) >= 11 is 0. The first-order chi connectivity index (χ1) is 8.22. The lowest BCUT2D eigenvalue weighted by molar-refractivity contribution is -0.153. The second-order valence-corrected chi connectivity index (χ2v) is 3.79. The summed E-state index contributed by atoms with van der Waals surface area (Å²) in [5.41, 5.74) is 3.30. The van der Waals surface area contributed by atoms with Crippen LogP contribution in [0.15, 0.2) is 30.3 Å². The average Bonchev–Trinajstić information content (AvgIpc) is 2.65. The molecule has 0 bridgehead atoms. The first-order valence-electron chi connectivity index (χ1n) is 5.31. The Hall–Kier alpha value is -1.18. The quantitative estimate of drug-likeness (QED) is 0.530. The van der Waals surface area contributed by atoms with Gasteiger partial charge in [0.15, 0.2) is 0 Å². The minimum atomic E-state index is -1.19. The fourth-order valence-corrected chi connectivity index (χ4v) is 1.60. The Labute approximate surface area is 98.4 Å². The van der Waals surface area contributed by atoms with Crippen molar-refractivity contribution in [2.45, 2.75) is 24.6 Å². The first-order valence-corrected chi connectivity index (χ1v) is 5.31. The number of hydrogen-bond donors (Lipinski definition) is 4. The predicted octanol–water partition coefficient (Wildman–Crippen LogP) is -0.531. The zero-order valence-corrected chi connectivity index (χ0v) is 9.06. The summed E-state index contributed by atoms with van der Waals surface area (Å²) in [5, 5.41) is 28.0. The Morgan fingerprint density at radius 2 is 1.88 bits per heavy atom. The van der Waals surface area contributed by atoms with Gasteiger partial charge < -0.3 is 20.1 Å². The van der Waals surface area contributed by atoms with Gasteiger partial charge in [-0.15, -0.1) is 0 Å². The Bertz CT molecular complexity index is 347. The number of para-hydroxylation sites is 1. The zero-order valence-electron chi connectivity index (χ0n) is 9.06. The van der Waals surface area contributed by atoms with E-state index in [1.54, 1.807) is 12.1 Å². The van der Waals surface area contributed by atoms with Crippen LogP contribution in [0.25, 0.3) is 0 Å². The molecule has 17 heavy (non-hydrogen) atoms. The standard InChI is InChI=1S/C11H15NO5/c13-6-8-9(14)10(15)11(16-8)17-12-7-4-2-1-3-5-7/h1-5,8-15H,6H2. The molecular weight excluding hydrogens is 226 g/mol. The molecule has 0 saturated carbocycles. The number of benzene rings is 1. The van der Waals surface area contributed by atoms with E-state index in [-0.39, 0.29) is 6.61 Å². The molecule has 1 aliphatic heterocycles. The predicted molar refractivity (Wildman–Crippen MR) is 58.9 cm³/mol. The normalized spacial score (nSPS) is 32.6. The molecule has 0 aromatic heterocycles. The fourth-order valence-electron chi connectivity index (χ4n) is 1.60. The molecule has 4 atom stereocenters. The van der Waals surface area contributed by atoms with Crippen LogP contribution in [0.1, 0.15) is 0 Å². The second-order valence-electron chi connectivity index (χ2n) is 3.79. The van der Waals surface area contributed by atoms with Gasteiger partial charge in [-0.05, 0) is 12.1 Å². The van der Waals surface area contributed by atoms with Crippen molar-refractivity contribution in [1.29, 1.82) is 0 Å². The zero-order chi connectivity index (χ0) is 12.3. The van der Waals surface area contributed by atoms with E-state index >= 15 is 0 Å². The third-order valence-electron chi connectivity index (χ3n) is 2.57. The van der Waals surface area contributed by atoms with Crippen molar-refractivity contribution in [1.82, 2.24) is 0 Å². The topological polar surface area (TPSA) is 91.2 Å². The van der Waals surface area contributed by atoms with Gasteiger partial charge in [-0.2, -0.15) is 0 Å². The molecule has 4 unspecified atom stereocenters. The SMILES string of the molecule is OCC1OC(ONc2ccccc2)C(O)C1O. The summed E-state index contributed by atoms with van der Waals surface area (Å²) in [6.45, 7) is -0.372. The number of aliphatic hydroxyl groups is 3. The van der Waals surface area contributed by atoms with Crippen molar-refractivity contribution in [2.24, 2.45) is 0 Å². The molecule has 1 fully saturated rings. The average molecular weight is 241 g/mol. The van der Waals surface area contributed by atoms with Crippen LogP contribution in [0, 0.1) is 0 Å². The highest BCUT2D eigenvalue weighted by Gasteiger charge is 2.43. The van der Waals surface area contributed by atoms with E-state index in [0.29, 0.717) is 5.69 Å². The third-order valence-corrected chi connectivity index (χ3v) is 2.57. The van der Waals surface area contributed by atoms with Crippen molar-refractivity contribution >= 4 is 5.69 Å². The highest BCUT2D eigenvalue weighted by molar-refractivity contribution is 5.40. The Kier molecular flexibility index (Phi) is 3.93. The van der Waals surface area contributed by atoms with Crippen LogP contribution >= 0.6 is 0 Å². The van der Waals surface area contributed by atoms with Crippen LogP contribution in [-0.4, -0.2) is 46.5 Å². The van der Waals surface area contributed by atoms with Crippen LogP contribution in [0.3, 0.4) is 0 Å². The number of aliphatic hydroxyl groups excluding tert-OH is 3. The van der Waals surface area contributed by atoms with E-state index in [1.807, 2.05) is 18.2 Å². The molecule has 1 aliphatic rings. The molecule has 0 aliphatic carbocycles. The third kappa shape index (κ3) is 2.74. The molecule has 0 amide bonds. The smallest absolute Gasteiger partial charge is 0.212 e. The van der Waals surface area contributed by atoms with Gasteiger partial charge in [0, 0.05) is 0 Å². The molecule has 1 aromatic rings. The van der Waals surface area contributed by atoms with Gasteiger partial charge in [-0.3, -0.25) is 5.48 Å². The van der Waals surface area contributed by atoms with E-state index < -0.39 is 24.6 Å². The molecule has 2 rings (SSSR count).